The minimum atomic E-state index is -0.570. The summed E-state index contributed by atoms with van der Waals surface area (Å²) in [5.74, 6) is 0.704. The van der Waals surface area contributed by atoms with Gasteiger partial charge in [-0.1, -0.05) is 6.07 Å². The Morgan fingerprint density at radius 1 is 1.46 bits per heavy atom. The van der Waals surface area contributed by atoms with E-state index < -0.39 is 6.10 Å². The van der Waals surface area contributed by atoms with Gasteiger partial charge in [-0.05, 0) is 45.7 Å². The second kappa shape index (κ2) is 8.89. The summed E-state index contributed by atoms with van der Waals surface area (Å²) in [5.41, 5.74) is 0.668. The van der Waals surface area contributed by atoms with Crippen LogP contribution in [0.15, 0.2) is 24.3 Å². The fraction of sp³-hybridized carbons (Fsp3) is 0.611. The van der Waals surface area contributed by atoms with Crippen LogP contribution < -0.4 is 10.1 Å². The molecule has 134 valence electrons. The number of ether oxygens (including phenoxy) is 2. The Labute approximate surface area is 143 Å². The lowest BCUT2D eigenvalue weighted by Gasteiger charge is -2.28. The average Bonchev–Trinajstić information content (AvgIpc) is 3.04. The van der Waals surface area contributed by atoms with E-state index in [9.17, 15) is 9.90 Å². The zero-order valence-corrected chi connectivity index (χ0v) is 14.7. The Morgan fingerprint density at radius 2 is 2.25 bits per heavy atom. The number of hydrogen-bond acceptors (Lipinski definition) is 4. The Hall–Kier alpha value is -1.79. The molecule has 2 unspecified atom stereocenters. The van der Waals surface area contributed by atoms with E-state index in [0.29, 0.717) is 24.6 Å². The molecular weight excluding hydrogens is 308 g/mol. The number of carbonyl (C=O) groups excluding carboxylic acids is 1. The molecule has 1 saturated heterocycles. The number of nitrogens with one attached hydrogen (secondary N) is 1. The molecule has 1 aromatic rings. The van der Waals surface area contributed by atoms with E-state index in [1.807, 2.05) is 32.0 Å². The fourth-order valence-corrected chi connectivity index (χ4v) is 2.64. The number of hydrogen-bond donors (Lipinski definition) is 2. The van der Waals surface area contributed by atoms with Crippen LogP contribution in [0.5, 0.6) is 5.75 Å². The van der Waals surface area contributed by atoms with E-state index in [0.717, 1.165) is 19.4 Å². The van der Waals surface area contributed by atoms with E-state index in [1.54, 1.807) is 17.9 Å². The third-order valence-electron chi connectivity index (χ3n) is 3.89. The molecule has 1 aromatic carbocycles. The Morgan fingerprint density at radius 3 is 2.88 bits per heavy atom. The van der Waals surface area contributed by atoms with Gasteiger partial charge in [0.05, 0.1) is 12.2 Å². The molecule has 24 heavy (non-hydrogen) atoms. The van der Waals surface area contributed by atoms with Gasteiger partial charge in [0, 0.05) is 30.9 Å². The van der Waals surface area contributed by atoms with Gasteiger partial charge in [0.25, 0.3) is 0 Å². The molecule has 6 nitrogen and oxygen atoms in total. The van der Waals surface area contributed by atoms with Crippen LogP contribution in [0, 0.1) is 0 Å². The summed E-state index contributed by atoms with van der Waals surface area (Å²) < 4.78 is 11.3. The predicted octanol–water partition coefficient (Wildman–Crippen LogP) is 2.87. The number of benzene rings is 1. The second-order valence-electron chi connectivity index (χ2n) is 6.50. The van der Waals surface area contributed by atoms with E-state index in [-0.39, 0.29) is 18.2 Å². The minimum Gasteiger partial charge on any atom is -0.491 e. The number of rotatable bonds is 7. The molecular formula is C18H28N2O4. The zero-order chi connectivity index (χ0) is 17.5. The van der Waals surface area contributed by atoms with Crippen molar-refractivity contribution < 1.29 is 19.4 Å². The quantitative estimate of drug-likeness (QED) is 0.803. The standard InChI is InChI=1S/C18H28N2O4/c1-13(2)20(11-14(3)21)18(22)19-15-6-4-7-16(10-15)24-12-17-8-5-9-23-17/h4,6-7,10,13-14,17,21H,5,8-9,11-12H2,1-3H3,(H,19,22). The lowest BCUT2D eigenvalue weighted by Crippen LogP contribution is -2.43. The highest BCUT2D eigenvalue weighted by molar-refractivity contribution is 5.89. The first-order valence-electron chi connectivity index (χ1n) is 8.56. The van der Waals surface area contributed by atoms with Gasteiger partial charge in [-0.25, -0.2) is 4.79 Å². The summed E-state index contributed by atoms with van der Waals surface area (Å²) in [6.07, 6.45) is 1.70. The topological polar surface area (TPSA) is 71.0 Å². The number of urea groups is 1. The first-order chi connectivity index (χ1) is 11.5. The summed E-state index contributed by atoms with van der Waals surface area (Å²) in [7, 11) is 0. The molecule has 1 aliphatic rings. The van der Waals surface area contributed by atoms with Crippen molar-refractivity contribution in [2.24, 2.45) is 0 Å². The third-order valence-corrected chi connectivity index (χ3v) is 3.89. The number of nitrogens with zero attached hydrogens (tertiary/aromatic N) is 1. The Kier molecular flexibility index (Phi) is 6.87. The molecule has 0 bridgehead atoms. The second-order valence-corrected chi connectivity index (χ2v) is 6.50. The SMILES string of the molecule is CC(O)CN(C(=O)Nc1cccc(OCC2CCCO2)c1)C(C)C. The lowest BCUT2D eigenvalue weighted by molar-refractivity contribution is 0.0680. The van der Waals surface area contributed by atoms with Crippen molar-refractivity contribution in [1.82, 2.24) is 4.90 Å². The average molecular weight is 336 g/mol. The first-order valence-corrected chi connectivity index (χ1v) is 8.56. The summed E-state index contributed by atoms with van der Waals surface area (Å²) in [4.78, 5) is 14.0. The van der Waals surface area contributed by atoms with E-state index >= 15 is 0 Å². The van der Waals surface area contributed by atoms with Crippen LogP contribution in [0.4, 0.5) is 10.5 Å². The largest absolute Gasteiger partial charge is 0.491 e. The molecule has 0 aromatic heterocycles. The van der Waals surface area contributed by atoms with E-state index in [2.05, 4.69) is 5.32 Å². The summed E-state index contributed by atoms with van der Waals surface area (Å²) in [6.45, 7) is 7.13. The van der Waals surface area contributed by atoms with Crippen LogP contribution in [0.2, 0.25) is 0 Å². The summed E-state index contributed by atoms with van der Waals surface area (Å²) in [6, 6.07) is 7.08. The van der Waals surface area contributed by atoms with Crippen molar-refractivity contribution in [2.45, 2.75) is 51.9 Å². The molecule has 6 heteroatoms. The van der Waals surface area contributed by atoms with Crippen molar-refractivity contribution in [3.63, 3.8) is 0 Å². The van der Waals surface area contributed by atoms with E-state index in [1.165, 1.54) is 0 Å². The maximum Gasteiger partial charge on any atom is 0.322 e. The van der Waals surface area contributed by atoms with Crippen LogP contribution >= 0.6 is 0 Å². The van der Waals surface area contributed by atoms with Gasteiger partial charge in [0.2, 0.25) is 0 Å². The highest BCUT2D eigenvalue weighted by atomic mass is 16.5. The van der Waals surface area contributed by atoms with Crippen LogP contribution in [0.1, 0.15) is 33.6 Å². The Balaban J connectivity index is 1.93. The number of aliphatic hydroxyl groups excluding tert-OH is 1. The molecule has 1 heterocycles. The van der Waals surface area contributed by atoms with Gasteiger partial charge < -0.3 is 24.8 Å². The van der Waals surface area contributed by atoms with Crippen LogP contribution in [0.3, 0.4) is 0 Å². The van der Waals surface area contributed by atoms with Crippen molar-refractivity contribution in [3.05, 3.63) is 24.3 Å². The van der Waals surface area contributed by atoms with E-state index in [4.69, 9.17) is 9.47 Å². The smallest absolute Gasteiger partial charge is 0.322 e. The fourth-order valence-electron chi connectivity index (χ4n) is 2.64. The molecule has 0 saturated carbocycles. The summed E-state index contributed by atoms with van der Waals surface area (Å²) >= 11 is 0. The highest BCUT2D eigenvalue weighted by Gasteiger charge is 2.19. The maximum atomic E-state index is 12.4. The van der Waals surface area contributed by atoms with Gasteiger partial charge in [0.15, 0.2) is 0 Å². The van der Waals surface area contributed by atoms with Crippen molar-refractivity contribution >= 4 is 11.7 Å². The Bertz CT molecular complexity index is 528. The van der Waals surface area contributed by atoms with Crippen LogP contribution in [-0.4, -0.2) is 54.0 Å². The van der Waals surface area contributed by atoms with Gasteiger partial charge in [-0.3, -0.25) is 0 Å². The molecule has 1 aliphatic heterocycles. The van der Waals surface area contributed by atoms with Gasteiger partial charge in [-0.15, -0.1) is 0 Å². The molecule has 0 spiro atoms. The highest BCUT2D eigenvalue weighted by Crippen LogP contribution is 2.20. The van der Waals surface area contributed by atoms with Crippen molar-refractivity contribution in [2.75, 3.05) is 25.1 Å². The maximum absolute atomic E-state index is 12.4. The number of amides is 2. The van der Waals surface area contributed by atoms with Crippen molar-refractivity contribution in [1.29, 1.82) is 0 Å². The summed E-state index contributed by atoms with van der Waals surface area (Å²) in [5, 5.41) is 12.4. The van der Waals surface area contributed by atoms with Crippen molar-refractivity contribution in [3.8, 4) is 5.75 Å². The molecule has 2 rings (SSSR count). The molecule has 0 radical (unpaired) electrons. The molecule has 1 fully saturated rings. The lowest BCUT2D eigenvalue weighted by atomic mass is 10.2. The number of aliphatic hydroxyl groups is 1. The first kappa shape index (κ1) is 18.5. The van der Waals surface area contributed by atoms with Gasteiger partial charge >= 0.3 is 6.03 Å². The van der Waals surface area contributed by atoms with Gasteiger partial charge in [0.1, 0.15) is 12.4 Å². The monoisotopic (exact) mass is 336 g/mol. The molecule has 2 amide bonds. The molecule has 2 N–H and O–H groups in total. The normalized spacial score (nSPS) is 18.5. The number of anilines is 1. The van der Waals surface area contributed by atoms with Crippen LogP contribution in [0.25, 0.3) is 0 Å². The van der Waals surface area contributed by atoms with Gasteiger partial charge in [-0.2, -0.15) is 0 Å². The predicted molar refractivity (Wildman–Crippen MR) is 93.5 cm³/mol. The minimum absolute atomic E-state index is 0.00134. The molecule has 0 aliphatic carbocycles. The third kappa shape index (κ3) is 5.69. The number of carbonyl (C=O) groups is 1. The van der Waals surface area contributed by atoms with Crippen LogP contribution in [-0.2, 0) is 4.74 Å². The zero-order valence-electron chi connectivity index (χ0n) is 14.7. The molecule has 2 atom stereocenters.